The number of hydrogen-bond donors (Lipinski definition) is 1. The first kappa shape index (κ1) is 12.4. The highest BCUT2D eigenvalue weighted by atomic mass is 16.6. The highest BCUT2D eigenvalue weighted by molar-refractivity contribution is 5.61. The molecule has 0 saturated carbocycles. The normalized spacial score (nSPS) is 8.86. The third-order valence-corrected chi connectivity index (χ3v) is 1.84. The molecule has 0 aliphatic carbocycles. The molecular weight excluding hydrogens is 180 g/mol. The molecule has 0 saturated heterocycles. The molecule has 0 spiro atoms. The second kappa shape index (κ2) is 5.21. The van der Waals surface area contributed by atoms with Crippen LogP contribution in [0.15, 0.2) is 12.1 Å². The molecule has 1 rings (SSSR count). The smallest absolute Gasteiger partial charge is 0.292 e. The van der Waals surface area contributed by atoms with Gasteiger partial charge >= 0.3 is 0 Å². The Morgan fingerprint density at radius 3 is 2.07 bits per heavy atom. The number of nitrogen functional groups attached to an aromatic ring is 1. The molecule has 0 fully saturated rings. The molecule has 78 valence electrons. The Kier molecular flexibility index (Phi) is 4.63. The van der Waals surface area contributed by atoms with E-state index in [1.54, 1.807) is 6.07 Å². The first-order valence-corrected chi connectivity index (χ1v) is 4.53. The Morgan fingerprint density at radius 2 is 1.64 bits per heavy atom. The maximum atomic E-state index is 10.4. The molecule has 4 heteroatoms. The maximum Gasteiger partial charge on any atom is 0.292 e. The van der Waals surface area contributed by atoms with Gasteiger partial charge in [0.1, 0.15) is 5.69 Å². The molecule has 0 radical (unpaired) electrons. The number of nitro benzene ring substituents is 1. The molecule has 4 nitrogen and oxygen atoms in total. The quantitative estimate of drug-likeness (QED) is 0.426. The van der Waals surface area contributed by atoms with Crippen LogP contribution < -0.4 is 5.73 Å². The van der Waals surface area contributed by atoms with E-state index in [1.165, 1.54) is 6.07 Å². The summed E-state index contributed by atoms with van der Waals surface area (Å²) in [5.41, 5.74) is 7.51. The summed E-state index contributed by atoms with van der Waals surface area (Å²) >= 11 is 0. The van der Waals surface area contributed by atoms with Crippen molar-refractivity contribution in [2.75, 3.05) is 5.73 Å². The Hall–Kier alpha value is -1.58. The van der Waals surface area contributed by atoms with E-state index in [0.29, 0.717) is 0 Å². The number of aryl methyl sites for hydroxylation is 2. The van der Waals surface area contributed by atoms with Crippen LogP contribution >= 0.6 is 0 Å². The highest BCUT2D eigenvalue weighted by Gasteiger charge is 2.11. The molecular formula is C10H16N2O2. The van der Waals surface area contributed by atoms with Crippen LogP contribution in [-0.2, 0) is 0 Å². The second-order valence-electron chi connectivity index (χ2n) is 2.75. The van der Waals surface area contributed by atoms with Crippen molar-refractivity contribution in [1.82, 2.24) is 0 Å². The highest BCUT2D eigenvalue weighted by Crippen LogP contribution is 2.24. The fraction of sp³-hybridized carbons (Fsp3) is 0.400. The summed E-state index contributed by atoms with van der Waals surface area (Å²) in [6.07, 6.45) is 0. The van der Waals surface area contributed by atoms with Gasteiger partial charge in [0, 0.05) is 6.07 Å². The fourth-order valence-electron chi connectivity index (χ4n) is 0.981. The lowest BCUT2D eigenvalue weighted by atomic mass is 10.1. The summed E-state index contributed by atoms with van der Waals surface area (Å²) in [6.45, 7) is 7.69. The SMILES string of the molecule is CC.Cc1cc(N)c([N+](=O)[O-])cc1C. The number of nitrogens with zero attached hydrogens (tertiary/aromatic N) is 1. The number of nitrogens with two attached hydrogens (primary N) is 1. The van der Waals surface area contributed by atoms with Crippen LogP contribution in [0.5, 0.6) is 0 Å². The number of hydrogen-bond acceptors (Lipinski definition) is 3. The van der Waals surface area contributed by atoms with E-state index >= 15 is 0 Å². The van der Waals surface area contributed by atoms with Crippen molar-refractivity contribution in [3.8, 4) is 0 Å². The number of anilines is 1. The topological polar surface area (TPSA) is 69.2 Å². The summed E-state index contributed by atoms with van der Waals surface area (Å²) in [5, 5.41) is 10.4. The van der Waals surface area contributed by atoms with E-state index in [4.69, 9.17) is 5.73 Å². The Morgan fingerprint density at radius 1 is 1.21 bits per heavy atom. The van der Waals surface area contributed by atoms with Crippen molar-refractivity contribution in [2.45, 2.75) is 27.7 Å². The van der Waals surface area contributed by atoms with E-state index in [2.05, 4.69) is 0 Å². The summed E-state index contributed by atoms with van der Waals surface area (Å²) in [7, 11) is 0. The van der Waals surface area contributed by atoms with E-state index in [9.17, 15) is 10.1 Å². The van der Waals surface area contributed by atoms with Crippen LogP contribution in [0.2, 0.25) is 0 Å². The van der Waals surface area contributed by atoms with E-state index in [-0.39, 0.29) is 11.4 Å². The lowest BCUT2D eigenvalue weighted by Gasteiger charge is -2.01. The second-order valence-corrected chi connectivity index (χ2v) is 2.75. The van der Waals surface area contributed by atoms with Gasteiger partial charge in [-0.25, -0.2) is 0 Å². The molecule has 1 aromatic rings. The van der Waals surface area contributed by atoms with Crippen LogP contribution in [0.25, 0.3) is 0 Å². The van der Waals surface area contributed by atoms with Crippen LogP contribution in [0.4, 0.5) is 11.4 Å². The Labute approximate surface area is 83.9 Å². The van der Waals surface area contributed by atoms with Gasteiger partial charge in [-0.05, 0) is 31.0 Å². The number of rotatable bonds is 1. The molecule has 2 N–H and O–H groups in total. The molecule has 0 aliphatic rings. The largest absolute Gasteiger partial charge is 0.393 e. The minimum absolute atomic E-state index is 0.0156. The first-order chi connectivity index (χ1) is 6.52. The summed E-state index contributed by atoms with van der Waals surface area (Å²) in [6, 6.07) is 3.11. The van der Waals surface area contributed by atoms with Gasteiger partial charge in [0.25, 0.3) is 5.69 Å². The summed E-state index contributed by atoms with van der Waals surface area (Å²) < 4.78 is 0. The van der Waals surface area contributed by atoms with Gasteiger partial charge in [-0.3, -0.25) is 10.1 Å². The summed E-state index contributed by atoms with van der Waals surface area (Å²) in [4.78, 5) is 9.94. The zero-order valence-corrected chi connectivity index (χ0v) is 9.00. The molecule has 0 unspecified atom stereocenters. The average molecular weight is 196 g/mol. The van der Waals surface area contributed by atoms with Crippen molar-refractivity contribution in [3.63, 3.8) is 0 Å². The van der Waals surface area contributed by atoms with E-state index in [1.807, 2.05) is 27.7 Å². The molecule has 0 aromatic heterocycles. The molecule has 0 amide bonds. The van der Waals surface area contributed by atoms with Gasteiger partial charge in [0.15, 0.2) is 0 Å². The zero-order valence-electron chi connectivity index (χ0n) is 9.00. The molecule has 0 heterocycles. The van der Waals surface area contributed by atoms with Gasteiger partial charge in [-0.15, -0.1) is 0 Å². The third-order valence-electron chi connectivity index (χ3n) is 1.84. The standard InChI is InChI=1S/C8H10N2O2.C2H6/c1-5-3-7(9)8(10(11)12)4-6(5)2;1-2/h3-4H,9H2,1-2H3;1-2H3. The monoisotopic (exact) mass is 196 g/mol. The minimum Gasteiger partial charge on any atom is -0.393 e. The van der Waals surface area contributed by atoms with Crippen molar-refractivity contribution >= 4 is 11.4 Å². The van der Waals surface area contributed by atoms with Gasteiger partial charge in [0.2, 0.25) is 0 Å². The summed E-state index contributed by atoms with van der Waals surface area (Å²) in [5.74, 6) is 0. The van der Waals surface area contributed by atoms with Crippen molar-refractivity contribution in [1.29, 1.82) is 0 Å². The van der Waals surface area contributed by atoms with Crippen LogP contribution in [-0.4, -0.2) is 4.92 Å². The van der Waals surface area contributed by atoms with Crippen LogP contribution in [0.3, 0.4) is 0 Å². The third kappa shape index (κ3) is 2.73. The van der Waals surface area contributed by atoms with Crippen molar-refractivity contribution in [2.24, 2.45) is 0 Å². The van der Waals surface area contributed by atoms with Gasteiger partial charge in [0.05, 0.1) is 4.92 Å². The first-order valence-electron chi connectivity index (χ1n) is 4.53. The number of benzene rings is 1. The predicted octanol–water partition coefficient (Wildman–Crippen LogP) is 2.82. The molecule has 0 aliphatic heterocycles. The minimum atomic E-state index is -0.470. The number of nitro groups is 1. The molecule has 14 heavy (non-hydrogen) atoms. The van der Waals surface area contributed by atoms with Crippen LogP contribution in [0.1, 0.15) is 25.0 Å². The fourth-order valence-corrected chi connectivity index (χ4v) is 0.981. The van der Waals surface area contributed by atoms with Crippen molar-refractivity contribution < 1.29 is 4.92 Å². The van der Waals surface area contributed by atoms with Gasteiger partial charge in [-0.1, -0.05) is 13.8 Å². The Balaban J connectivity index is 0.000000791. The van der Waals surface area contributed by atoms with Gasteiger partial charge < -0.3 is 5.73 Å². The van der Waals surface area contributed by atoms with Gasteiger partial charge in [-0.2, -0.15) is 0 Å². The predicted molar refractivity (Wildman–Crippen MR) is 58.3 cm³/mol. The van der Waals surface area contributed by atoms with Crippen molar-refractivity contribution in [3.05, 3.63) is 33.4 Å². The molecule has 0 bridgehead atoms. The molecule has 0 atom stereocenters. The molecule has 1 aromatic carbocycles. The van der Waals surface area contributed by atoms with Crippen LogP contribution in [0, 0.1) is 24.0 Å². The Bertz CT molecular complexity index is 335. The lowest BCUT2D eigenvalue weighted by Crippen LogP contribution is -1.97. The van der Waals surface area contributed by atoms with E-state index < -0.39 is 4.92 Å². The average Bonchev–Trinajstić information content (AvgIpc) is 2.14. The maximum absolute atomic E-state index is 10.4. The lowest BCUT2D eigenvalue weighted by molar-refractivity contribution is -0.383. The van der Waals surface area contributed by atoms with E-state index in [0.717, 1.165) is 11.1 Å². The zero-order chi connectivity index (χ0) is 11.3.